The topological polar surface area (TPSA) is 112 Å². The lowest BCUT2D eigenvalue weighted by Crippen LogP contribution is -2.19. The average Bonchev–Trinajstić information content (AvgIpc) is 3.29. The van der Waals surface area contributed by atoms with E-state index in [1.54, 1.807) is 12.1 Å². The Morgan fingerprint density at radius 3 is 2.60 bits per heavy atom. The number of carbonyl (C=O) groups is 2. The van der Waals surface area contributed by atoms with E-state index < -0.39 is 11.7 Å². The SMILES string of the molecule is O=C1NC(=Nc2ccc(C(=O)O)c(O)c2)SC1=Cc1ccc(-c2ccc(Br)cc2)o1. The number of benzene rings is 2. The van der Waals surface area contributed by atoms with Crippen LogP contribution in [0.5, 0.6) is 5.75 Å². The number of nitrogens with one attached hydrogen (secondary N) is 1. The van der Waals surface area contributed by atoms with Crippen LogP contribution in [0.3, 0.4) is 0 Å². The molecule has 3 N–H and O–H groups in total. The zero-order valence-corrected chi connectivity index (χ0v) is 17.5. The number of carboxylic acid groups (broad SMARTS) is 1. The minimum atomic E-state index is -1.23. The fourth-order valence-electron chi connectivity index (χ4n) is 2.70. The van der Waals surface area contributed by atoms with Crippen molar-refractivity contribution in [1.82, 2.24) is 5.32 Å². The number of carboxylic acids is 1. The molecule has 0 radical (unpaired) electrons. The molecule has 1 aliphatic heterocycles. The van der Waals surface area contributed by atoms with E-state index in [0.717, 1.165) is 21.8 Å². The molecule has 0 atom stereocenters. The summed E-state index contributed by atoms with van der Waals surface area (Å²) < 4.78 is 6.78. The van der Waals surface area contributed by atoms with E-state index in [9.17, 15) is 14.7 Å². The summed E-state index contributed by atoms with van der Waals surface area (Å²) in [6, 6.07) is 15.2. The Hall–Kier alpha value is -3.30. The predicted molar refractivity (Wildman–Crippen MR) is 118 cm³/mol. The molecule has 2 aromatic carbocycles. The Labute approximate surface area is 183 Å². The number of furan rings is 1. The zero-order chi connectivity index (χ0) is 21.3. The molecule has 1 aromatic heterocycles. The van der Waals surface area contributed by atoms with Gasteiger partial charge in [0.15, 0.2) is 5.17 Å². The van der Waals surface area contributed by atoms with Crippen molar-refractivity contribution < 1.29 is 24.2 Å². The lowest BCUT2D eigenvalue weighted by atomic mass is 10.2. The second-order valence-electron chi connectivity index (χ2n) is 6.20. The van der Waals surface area contributed by atoms with Gasteiger partial charge in [-0.25, -0.2) is 9.79 Å². The number of aromatic hydroxyl groups is 1. The fraction of sp³-hybridized carbons (Fsp3) is 0. The summed E-state index contributed by atoms with van der Waals surface area (Å²) in [5.41, 5.74) is 1.01. The monoisotopic (exact) mass is 484 g/mol. The Balaban J connectivity index is 1.53. The van der Waals surface area contributed by atoms with Crippen LogP contribution < -0.4 is 5.32 Å². The van der Waals surface area contributed by atoms with Crippen LogP contribution in [-0.2, 0) is 4.79 Å². The first-order valence-corrected chi connectivity index (χ1v) is 10.2. The van der Waals surface area contributed by atoms with Crippen LogP contribution >= 0.6 is 27.7 Å². The summed E-state index contributed by atoms with van der Waals surface area (Å²) in [6.07, 6.45) is 1.62. The van der Waals surface area contributed by atoms with E-state index in [2.05, 4.69) is 26.2 Å². The number of halogens is 1. The van der Waals surface area contributed by atoms with Crippen molar-refractivity contribution in [3.63, 3.8) is 0 Å². The number of hydrogen-bond donors (Lipinski definition) is 3. The molecular weight excluding hydrogens is 472 g/mol. The lowest BCUT2D eigenvalue weighted by Gasteiger charge is -2.01. The molecule has 0 spiro atoms. The van der Waals surface area contributed by atoms with Crippen molar-refractivity contribution in [1.29, 1.82) is 0 Å². The van der Waals surface area contributed by atoms with Gasteiger partial charge in [-0.3, -0.25) is 4.79 Å². The molecule has 1 amide bonds. The maximum absolute atomic E-state index is 12.2. The van der Waals surface area contributed by atoms with E-state index in [-0.39, 0.29) is 11.5 Å². The number of rotatable bonds is 4. The van der Waals surface area contributed by atoms with E-state index >= 15 is 0 Å². The van der Waals surface area contributed by atoms with E-state index in [4.69, 9.17) is 9.52 Å². The number of nitrogens with zero attached hydrogens (tertiary/aromatic N) is 1. The third kappa shape index (κ3) is 4.32. The lowest BCUT2D eigenvalue weighted by molar-refractivity contribution is -0.115. The highest BCUT2D eigenvalue weighted by Crippen LogP contribution is 2.31. The maximum atomic E-state index is 12.2. The highest BCUT2D eigenvalue weighted by atomic mass is 79.9. The number of amides is 1. The van der Waals surface area contributed by atoms with Gasteiger partial charge >= 0.3 is 5.97 Å². The number of aromatic carboxylic acids is 1. The van der Waals surface area contributed by atoms with E-state index in [1.165, 1.54) is 18.2 Å². The van der Waals surface area contributed by atoms with Crippen molar-refractivity contribution >= 4 is 56.5 Å². The van der Waals surface area contributed by atoms with Crippen molar-refractivity contribution in [2.45, 2.75) is 0 Å². The molecule has 2 heterocycles. The van der Waals surface area contributed by atoms with Crippen LogP contribution in [0.1, 0.15) is 16.1 Å². The smallest absolute Gasteiger partial charge is 0.339 e. The van der Waals surface area contributed by atoms with Gasteiger partial charge in [-0.15, -0.1) is 0 Å². The molecule has 150 valence electrons. The van der Waals surface area contributed by atoms with Crippen LogP contribution in [0.15, 0.2) is 73.4 Å². The number of carbonyl (C=O) groups excluding carboxylic acids is 1. The minimum Gasteiger partial charge on any atom is -0.507 e. The largest absolute Gasteiger partial charge is 0.507 e. The van der Waals surface area contributed by atoms with Gasteiger partial charge in [-0.2, -0.15) is 0 Å². The van der Waals surface area contributed by atoms with Gasteiger partial charge in [0.05, 0.1) is 10.6 Å². The van der Waals surface area contributed by atoms with Gasteiger partial charge in [0.25, 0.3) is 5.91 Å². The molecule has 30 heavy (non-hydrogen) atoms. The molecule has 3 aromatic rings. The second-order valence-corrected chi connectivity index (χ2v) is 8.14. The van der Waals surface area contributed by atoms with Crippen molar-refractivity contribution in [3.8, 4) is 17.1 Å². The Morgan fingerprint density at radius 2 is 1.90 bits per heavy atom. The van der Waals surface area contributed by atoms with Gasteiger partial charge in [0, 0.05) is 22.2 Å². The molecule has 0 saturated carbocycles. The third-order valence-corrected chi connectivity index (χ3v) is 5.56. The van der Waals surface area contributed by atoms with Crippen LogP contribution in [0.25, 0.3) is 17.4 Å². The Morgan fingerprint density at radius 1 is 1.13 bits per heavy atom. The summed E-state index contributed by atoms with van der Waals surface area (Å²) in [5, 5.41) is 21.7. The standard InChI is InChI=1S/C21H13BrN2O5S/c22-12-3-1-11(2-4-12)17-8-6-14(29-17)10-18-19(26)24-21(30-18)23-13-5-7-15(20(27)28)16(25)9-13/h1-10,25H,(H,27,28)(H,23,24,26). The highest BCUT2D eigenvalue weighted by molar-refractivity contribution is 9.10. The van der Waals surface area contributed by atoms with Crippen molar-refractivity contribution in [2.75, 3.05) is 0 Å². The Kier molecular flexibility index (Phi) is 5.47. The quantitative estimate of drug-likeness (QED) is 0.449. The molecule has 4 rings (SSSR count). The fourth-order valence-corrected chi connectivity index (χ4v) is 3.78. The average molecular weight is 485 g/mol. The number of thioether (sulfide) groups is 1. The molecule has 1 fully saturated rings. The minimum absolute atomic E-state index is 0.220. The van der Waals surface area contributed by atoms with E-state index in [0.29, 0.717) is 27.3 Å². The molecule has 0 aliphatic carbocycles. The van der Waals surface area contributed by atoms with Gasteiger partial charge in [0.2, 0.25) is 0 Å². The van der Waals surface area contributed by atoms with Crippen LogP contribution in [0.2, 0.25) is 0 Å². The molecule has 9 heteroatoms. The first-order valence-electron chi connectivity index (χ1n) is 8.61. The summed E-state index contributed by atoms with van der Waals surface area (Å²) in [7, 11) is 0. The summed E-state index contributed by atoms with van der Waals surface area (Å²) in [6.45, 7) is 0. The van der Waals surface area contributed by atoms with Crippen LogP contribution in [-0.4, -0.2) is 27.3 Å². The first kappa shape index (κ1) is 20.0. The number of amidine groups is 1. The van der Waals surface area contributed by atoms with Gasteiger partial charge < -0.3 is 19.9 Å². The summed E-state index contributed by atoms with van der Waals surface area (Å²) >= 11 is 4.51. The Bertz CT molecular complexity index is 1210. The molecule has 1 saturated heterocycles. The van der Waals surface area contributed by atoms with Crippen molar-refractivity contribution in [3.05, 3.63) is 75.3 Å². The molecular formula is C21H13BrN2O5S. The number of hydrogen-bond acceptors (Lipinski definition) is 6. The zero-order valence-electron chi connectivity index (χ0n) is 15.1. The van der Waals surface area contributed by atoms with Gasteiger partial charge in [0.1, 0.15) is 22.8 Å². The predicted octanol–water partition coefficient (Wildman–Crippen LogP) is 5.00. The normalized spacial score (nSPS) is 16.2. The first-order chi connectivity index (χ1) is 14.4. The molecule has 7 nitrogen and oxygen atoms in total. The van der Waals surface area contributed by atoms with Gasteiger partial charge in [-0.05, 0) is 48.2 Å². The molecule has 1 aliphatic rings. The van der Waals surface area contributed by atoms with E-state index in [1.807, 2.05) is 30.3 Å². The molecule has 0 unspecified atom stereocenters. The summed E-state index contributed by atoms with van der Waals surface area (Å²) in [5.74, 6) is -0.755. The summed E-state index contributed by atoms with van der Waals surface area (Å²) in [4.78, 5) is 27.9. The van der Waals surface area contributed by atoms with Gasteiger partial charge in [-0.1, -0.05) is 28.1 Å². The van der Waals surface area contributed by atoms with Crippen LogP contribution in [0.4, 0.5) is 5.69 Å². The highest BCUT2D eigenvalue weighted by Gasteiger charge is 2.24. The number of aliphatic imine (C=N–C) groups is 1. The number of phenols is 1. The van der Waals surface area contributed by atoms with Crippen LogP contribution in [0, 0.1) is 0 Å². The van der Waals surface area contributed by atoms with Crippen molar-refractivity contribution in [2.24, 2.45) is 4.99 Å². The molecule has 0 bridgehead atoms. The third-order valence-electron chi connectivity index (χ3n) is 4.12. The maximum Gasteiger partial charge on any atom is 0.339 e. The second kappa shape index (κ2) is 8.21.